The Bertz CT molecular complexity index is 920. The summed E-state index contributed by atoms with van der Waals surface area (Å²) in [5, 5.41) is 0. The average Bonchev–Trinajstić information content (AvgIpc) is 3.20. The van der Waals surface area contributed by atoms with E-state index >= 15 is 0 Å². The second kappa shape index (κ2) is 8.06. The van der Waals surface area contributed by atoms with E-state index in [-0.39, 0.29) is 9.41 Å². The minimum Gasteiger partial charge on any atom is -1.00 e. The van der Waals surface area contributed by atoms with Gasteiger partial charge in [-0.25, -0.2) is 0 Å². The van der Waals surface area contributed by atoms with Gasteiger partial charge in [0, 0.05) is 0 Å². The summed E-state index contributed by atoms with van der Waals surface area (Å²) in [6.45, 7) is 9.36. The number of aryl methyl sites for hydroxylation is 2. The number of benzene rings is 2. The maximum atomic E-state index is 2.58. The number of fused-ring (bicyclic) bond motifs is 2. The van der Waals surface area contributed by atoms with Crippen molar-refractivity contribution >= 4 is 12.2 Å². The average molecular weight is 472 g/mol. The van der Waals surface area contributed by atoms with Gasteiger partial charge in [0.05, 0.1) is 0 Å². The van der Waals surface area contributed by atoms with E-state index in [0.29, 0.717) is 0 Å². The summed E-state index contributed by atoms with van der Waals surface area (Å²) in [7, 11) is 0. The van der Waals surface area contributed by atoms with Crippen LogP contribution < -0.4 is 9.41 Å². The summed E-state index contributed by atoms with van der Waals surface area (Å²) in [5.41, 5.74) is 13.0. The number of hydrogen-bond acceptors (Lipinski definition) is 0. The van der Waals surface area contributed by atoms with Crippen molar-refractivity contribution in [1.29, 1.82) is 0 Å². The molecule has 0 spiro atoms. The van der Waals surface area contributed by atoms with Crippen molar-refractivity contribution in [3.05, 3.63) is 80.9 Å². The van der Waals surface area contributed by atoms with Crippen molar-refractivity contribution in [3.63, 3.8) is 0 Å². The predicted molar refractivity (Wildman–Crippen MR) is 114 cm³/mol. The molecule has 1 fully saturated rings. The first-order valence-corrected chi connectivity index (χ1v) is 17.0. The molecule has 3 aliphatic rings. The van der Waals surface area contributed by atoms with Crippen molar-refractivity contribution in [2.45, 2.75) is 56.0 Å². The van der Waals surface area contributed by atoms with Crippen LogP contribution in [0.1, 0.15) is 67.3 Å². The van der Waals surface area contributed by atoms with Gasteiger partial charge in [0.15, 0.2) is 0 Å². The monoisotopic (exact) mass is 470 g/mol. The van der Waals surface area contributed by atoms with Crippen LogP contribution in [0.5, 0.6) is 0 Å². The molecule has 2 aliphatic carbocycles. The molecule has 0 N–H and O–H groups in total. The van der Waals surface area contributed by atoms with Crippen molar-refractivity contribution < 1.29 is 29.7 Å². The van der Waals surface area contributed by atoms with Gasteiger partial charge in [0.25, 0.3) is 0 Å². The first kappa shape index (κ1) is 22.4. The Morgan fingerprint density at radius 3 is 1.48 bits per heavy atom. The summed E-state index contributed by atoms with van der Waals surface area (Å²) in [6, 6.07) is 14.1. The number of rotatable bonds is 4. The summed E-state index contributed by atoms with van der Waals surface area (Å²) in [5.74, 6) is 0. The molecule has 0 amide bonds. The Morgan fingerprint density at radius 1 is 0.724 bits per heavy atom. The van der Waals surface area contributed by atoms with Gasteiger partial charge in [0.1, 0.15) is 0 Å². The third-order valence-electron chi connectivity index (χ3n) is 7.53. The molecule has 0 aromatic heterocycles. The third-order valence-corrected chi connectivity index (χ3v) is 20.6. The van der Waals surface area contributed by atoms with Crippen molar-refractivity contribution in [3.8, 4) is 0 Å². The molecule has 29 heavy (non-hydrogen) atoms. The standard InChI is InChI=1S/2C12H13.C2H4.2FH.Zr/c2*1-3-10-7-11-6-4-5-9(2)12(11)8-10;1-2;;;/h2*4-8H,3H2,1-2H3;1-2H2;2*1H;/q;;;;;+2/p-2. The fourth-order valence-corrected chi connectivity index (χ4v) is 24.0. The summed E-state index contributed by atoms with van der Waals surface area (Å²) >= 11 is -2.38. The van der Waals surface area contributed by atoms with E-state index in [1.807, 2.05) is 0 Å². The van der Waals surface area contributed by atoms with Crippen LogP contribution >= 0.6 is 0 Å². The summed E-state index contributed by atoms with van der Waals surface area (Å²) < 4.78 is 4.76. The van der Waals surface area contributed by atoms with Gasteiger partial charge >= 0.3 is 169 Å². The molecule has 2 aromatic rings. The van der Waals surface area contributed by atoms with Gasteiger partial charge in [-0.3, -0.25) is 0 Å². The van der Waals surface area contributed by atoms with Crippen LogP contribution in [0.2, 0.25) is 8.26 Å². The minimum atomic E-state index is -2.38. The maximum Gasteiger partial charge on any atom is -1.00 e. The first-order valence-electron chi connectivity index (χ1n) is 10.7. The smallest absolute Gasteiger partial charge is 1.00 e. The molecule has 2 atom stereocenters. The summed E-state index contributed by atoms with van der Waals surface area (Å²) in [6.07, 6.45) is 7.59. The molecule has 1 saturated heterocycles. The maximum absolute atomic E-state index is 2.58. The van der Waals surface area contributed by atoms with E-state index in [1.165, 1.54) is 24.0 Å². The van der Waals surface area contributed by atoms with Crippen molar-refractivity contribution in [2.24, 2.45) is 0 Å². The van der Waals surface area contributed by atoms with E-state index in [4.69, 9.17) is 0 Å². The van der Waals surface area contributed by atoms with Crippen molar-refractivity contribution in [2.75, 3.05) is 0 Å². The molecule has 3 heteroatoms. The second-order valence-electron chi connectivity index (χ2n) is 8.90. The molecule has 0 radical (unpaired) electrons. The molecule has 1 heterocycles. The molecule has 0 saturated carbocycles. The van der Waals surface area contributed by atoms with Crippen molar-refractivity contribution in [1.82, 2.24) is 0 Å². The molecule has 0 nitrogen and oxygen atoms in total. The molecule has 2 unspecified atom stereocenters. The first-order chi connectivity index (χ1) is 13.1. The Morgan fingerprint density at radius 2 is 1.14 bits per heavy atom. The quantitative estimate of drug-likeness (QED) is 0.637. The number of allylic oxidation sites excluding steroid dienone is 2. The van der Waals surface area contributed by atoms with Gasteiger partial charge in [-0.05, 0) is 0 Å². The van der Waals surface area contributed by atoms with Gasteiger partial charge < -0.3 is 9.41 Å². The predicted octanol–water partition coefficient (Wildman–Crippen LogP) is 1.71. The van der Waals surface area contributed by atoms with Gasteiger partial charge in [-0.2, -0.15) is 0 Å². The summed E-state index contributed by atoms with van der Waals surface area (Å²) in [4.78, 5) is 0. The van der Waals surface area contributed by atoms with Crippen LogP contribution in [0.25, 0.3) is 12.2 Å². The van der Waals surface area contributed by atoms with Gasteiger partial charge in [-0.1, -0.05) is 0 Å². The van der Waals surface area contributed by atoms with Crippen LogP contribution in [0.3, 0.4) is 0 Å². The molecular formula is C26H30F2Zr. The molecule has 1 aliphatic heterocycles. The molecular weight excluding hydrogens is 442 g/mol. The van der Waals surface area contributed by atoms with E-state index in [0.717, 1.165) is 7.25 Å². The van der Waals surface area contributed by atoms with E-state index in [2.05, 4.69) is 76.2 Å². The van der Waals surface area contributed by atoms with Crippen LogP contribution in [-0.4, -0.2) is 0 Å². The number of halogens is 2. The largest absolute Gasteiger partial charge is 1.00 e. The Labute approximate surface area is 178 Å². The Balaban J connectivity index is 0.00000120. The second-order valence-corrected chi connectivity index (χ2v) is 20.3. The zero-order valence-corrected chi connectivity index (χ0v) is 20.3. The number of hydrogen-bond donors (Lipinski definition) is 0. The van der Waals surface area contributed by atoms with E-state index in [1.54, 1.807) is 41.7 Å². The van der Waals surface area contributed by atoms with E-state index in [9.17, 15) is 0 Å². The van der Waals surface area contributed by atoms with Crippen LogP contribution in [0.15, 0.2) is 47.5 Å². The fourth-order valence-electron chi connectivity index (χ4n) is 6.10. The SMILES string of the molecule is CCC1=Cc2c(C)cccc2[CH]1[Zr+2]1([CH]2C(CC)=Cc3c(C)cccc32)[CH2][CH2]1.[F-].[F-]. The Hall–Kier alpha value is -1.34. The van der Waals surface area contributed by atoms with Gasteiger partial charge in [0.2, 0.25) is 0 Å². The molecule has 0 bridgehead atoms. The van der Waals surface area contributed by atoms with Crippen LogP contribution in [-0.2, 0) is 20.3 Å². The van der Waals surface area contributed by atoms with Crippen LogP contribution in [0.4, 0.5) is 0 Å². The molecule has 5 rings (SSSR count). The topological polar surface area (TPSA) is 0 Å². The zero-order chi connectivity index (χ0) is 18.8. The Kier molecular flexibility index (Phi) is 6.22. The van der Waals surface area contributed by atoms with E-state index < -0.39 is 20.3 Å². The normalized spacial score (nSPS) is 21.5. The molecule has 152 valence electrons. The zero-order valence-electron chi connectivity index (χ0n) is 17.9. The third kappa shape index (κ3) is 3.16. The minimum absolute atomic E-state index is 0. The van der Waals surface area contributed by atoms with Gasteiger partial charge in [-0.15, -0.1) is 0 Å². The van der Waals surface area contributed by atoms with Crippen LogP contribution in [0, 0.1) is 13.8 Å². The fraction of sp³-hybridized carbons (Fsp3) is 0.385. The molecule has 2 aromatic carbocycles.